The summed E-state index contributed by atoms with van der Waals surface area (Å²) in [4.78, 5) is 13.4. The summed E-state index contributed by atoms with van der Waals surface area (Å²) in [5.74, 6) is -0.199. The summed E-state index contributed by atoms with van der Waals surface area (Å²) in [6, 6.07) is 2.91. The Bertz CT molecular complexity index is 499. The lowest BCUT2D eigenvalue weighted by Gasteiger charge is -2.16. The first-order valence-corrected chi connectivity index (χ1v) is 7.17. The Morgan fingerprint density at radius 2 is 2.05 bits per heavy atom. The van der Waals surface area contributed by atoms with Crippen LogP contribution in [0.15, 0.2) is 12.1 Å². The molecule has 0 spiro atoms. The number of methoxy groups -OCH3 is 1. The van der Waals surface area contributed by atoms with E-state index in [1.807, 2.05) is 0 Å². The molecule has 21 heavy (non-hydrogen) atoms. The number of hydrogen-bond donors (Lipinski definition) is 2. The van der Waals surface area contributed by atoms with Crippen molar-refractivity contribution in [2.45, 2.75) is 19.3 Å². The van der Waals surface area contributed by atoms with E-state index in [9.17, 15) is 4.79 Å². The highest BCUT2D eigenvalue weighted by Crippen LogP contribution is 2.32. The van der Waals surface area contributed by atoms with Gasteiger partial charge in [0.2, 0.25) is 0 Å². The summed E-state index contributed by atoms with van der Waals surface area (Å²) in [6.45, 7) is 3.91. The van der Waals surface area contributed by atoms with E-state index in [1.165, 1.54) is 45.2 Å². The number of ether oxygens (including phenoxy) is 2. The molecule has 1 heterocycles. The number of likely N-dealkylation sites (tertiary alicyclic amines) is 1. The van der Waals surface area contributed by atoms with Crippen molar-refractivity contribution in [3.8, 4) is 11.5 Å². The van der Waals surface area contributed by atoms with Crippen LogP contribution in [-0.2, 0) is 0 Å². The zero-order valence-corrected chi connectivity index (χ0v) is 12.3. The van der Waals surface area contributed by atoms with E-state index in [1.54, 1.807) is 0 Å². The minimum atomic E-state index is -1.08. The van der Waals surface area contributed by atoms with E-state index in [0.29, 0.717) is 18.1 Å². The van der Waals surface area contributed by atoms with Crippen molar-refractivity contribution in [3.05, 3.63) is 17.7 Å². The lowest BCUT2D eigenvalue weighted by molar-refractivity contribution is 0.0697. The fourth-order valence-electron chi connectivity index (χ4n) is 2.51. The predicted molar refractivity (Wildman–Crippen MR) is 80.2 cm³/mol. The number of carbonyl (C=O) groups is 1. The number of carboxylic acids is 1. The summed E-state index contributed by atoms with van der Waals surface area (Å²) in [5.41, 5.74) is 5.93. The molecule has 0 aromatic heterocycles. The van der Waals surface area contributed by atoms with Crippen LogP contribution in [0.5, 0.6) is 11.5 Å². The predicted octanol–water partition coefficient (Wildman–Crippen LogP) is 1.84. The van der Waals surface area contributed by atoms with Gasteiger partial charge in [0, 0.05) is 18.7 Å². The molecule has 1 fully saturated rings. The first-order valence-electron chi connectivity index (χ1n) is 7.17. The average Bonchev–Trinajstić information content (AvgIpc) is 2.96. The highest BCUT2D eigenvalue weighted by Gasteiger charge is 2.15. The summed E-state index contributed by atoms with van der Waals surface area (Å²) in [7, 11) is 1.48. The summed E-state index contributed by atoms with van der Waals surface area (Å²) in [6.07, 6.45) is 3.48. The number of aromatic carboxylic acids is 1. The van der Waals surface area contributed by atoms with Crippen molar-refractivity contribution >= 4 is 11.7 Å². The van der Waals surface area contributed by atoms with E-state index in [-0.39, 0.29) is 11.3 Å². The number of nitrogens with zero attached hydrogens (tertiary/aromatic N) is 1. The quantitative estimate of drug-likeness (QED) is 0.589. The normalized spacial score (nSPS) is 15.1. The van der Waals surface area contributed by atoms with Crippen molar-refractivity contribution in [3.63, 3.8) is 0 Å². The van der Waals surface area contributed by atoms with E-state index in [4.69, 9.17) is 20.3 Å². The molecule has 0 bridgehead atoms. The number of nitrogen functional groups attached to an aromatic ring is 1. The van der Waals surface area contributed by atoms with Crippen molar-refractivity contribution in [2.75, 3.05) is 39.1 Å². The van der Waals surface area contributed by atoms with Crippen LogP contribution in [0.3, 0.4) is 0 Å². The van der Waals surface area contributed by atoms with E-state index in [0.717, 1.165) is 13.0 Å². The van der Waals surface area contributed by atoms with E-state index >= 15 is 0 Å². The largest absolute Gasteiger partial charge is 0.493 e. The molecule has 6 heteroatoms. The Hall–Kier alpha value is -1.95. The van der Waals surface area contributed by atoms with Gasteiger partial charge in [-0.25, -0.2) is 4.79 Å². The molecular weight excluding hydrogens is 272 g/mol. The SMILES string of the molecule is COc1cc(C(=O)O)c(N)cc1OCCCN1CCCC1. The molecule has 3 N–H and O–H groups in total. The Balaban J connectivity index is 1.92. The summed E-state index contributed by atoms with van der Waals surface area (Å²) in [5, 5.41) is 9.03. The first kappa shape index (κ1) is 15.4. The number of benzene rings is 1. The van der Waals surface area contributed by atoms with E-state index in [2.05, 4.69) is 4.90 Å². The Labute approximate surface area is 124 Å². The molecule has 0 atom stereocenters. The number of carboxylic acid groups (broad SMARTS) is 1. The van der Waals surface area contributed by atoms with Gasteiger partial charge in [-0.2, -0.15) is 0 Å². The molecule has 1 aliphatic heterocycles. The Kier molecular flexibility index (Phi) is 5.27. The molecule has 1 saturated heterocycles. The second-order valence-corrected chi connectivity index (χ2v) is 5.15. The molecule has 0 unspecified atom stereocenters. The van der Waals surface area contributed by atoms with Crippen LogP contribution in [-0.4, -0.2) is 49.3 Å². The van der Waals surface area contributed by atoms with Crippen molar-refractivity contribution in [2.24, 2.45) is 0 Å². The van der Waals surface area contributed by atoms with Gasteiger partial charge in [-0.3, -0.25) is 0 Å². The van der Waals surface area contributed by atoms with Crippen LogP contribution in [0.4, 0.5) is 5.69 Å². The lowest BCUT2D eigenvalue weighted by Crippen LogP contribution is -2.22. The van der Waals surface area contributed by atoms with Gasteiger partial charge >= 0.3 is 5.97 Å². The van der Waals surface area contributed by atoms with Gasteiger partial charge in [-0.05, 0) is 32.4 Å². The summed E-state index contributed by atoms with van der Waals surface area (Å²) < 4.78 is 10.8. The highest BCUT2D eigenvalue weighted by molar-refractivity contribution is 5.94. The fourth-order valence-corrected chi connectivity index (χ4v) is 2.51. The van der Waals surface area contributed by atoms with Crippen molar-refractivity contribution in [1.82, 2.24) is 4.90 Å². The third-order valence-corrected chi connectivity index (χ3v) is 3.64. The number of anilines is 1. The maximum Gasteiger partial charge on any atom is 0.337 e. The smallest absolute Gasteiger partial charge is 0.337 e. The van der Waals surface area contributed by atoms with Crippen molar-refractivity contribution in [1.29, 1.82) is 0 Å². The average molecular weight is 294 g/mol. The third-order valence-electron chi connectivity index (χ3n) is 3.64. The number of rotatable bonds is 7. The van der Waals surface area contributed by atoms with Crippen LogP contribution in [0.25, 0.3) is 0 Å². The van der Waals surface area contributed by atoms with Gasteiger partial charge in [0.05, 0.1) is 25.0 Å². The first-order chi connectivity index (χ1) is 10.1. The van der Waals surface area contributed by atoms with Crippen LogP contribution < -0.4 is 15.2 Å². The molecule has 2 rings (SSSR count). The Morgan fingerprint density at radius 3 is 2.67 bits per heavy atom. The fraction of sp³-hybridized carbons (Fsp3) is 0.533. The maximum absolute atomic E-state index is 11.0. The molecular formula is C15H22N2O4. The maximum atomic E-state index is 11.0. The third kappa shape index (κ3) is 4.01. The topological polar surface area (TPSA) is 85.0 Å². The molecule has 0 amide bonds. The van der Waals surface area contributed by atoms with Crippen LogP contribution in [0, 0.1) is 0 Å². The molecule has 0 saturated carbocycles. The minimum absolute atomic E-state index is 0.0243. The number of nitrogens with two attached hydrogens (primary N) is 1. The van der Waals surface area contributed by atoms with Crippen LogP contribution >= 0.6 is 0 Å². The Morgan fingerprint density at radius 1 is 1.33 bits per heavy atom. The van der Waals surface area contributed by atoms with Gasteiger partial charge in [-0.1, -0.05) is 0 Å². The van der Waals surface area contributed by atoms with Crippen LogP contribution in [0.1, 0.15) is 29.6 Å². The molecule has 1 aromatic rings. The van der Waals surface area contributed by atoms with Gasteiger partial charge in [0.25, 0.3) is 0 Å². The lowest BCUT2D eigenvalue weighted by atomic mass is 10.1. The second-order valence-electron chi connectivity index (χ2n) is 5.15. The zero-order valence-electron chi connectivity index (χ0n) is 12.3. The molecule has 6 nitrogen and oxygen atoms in total. The number of hydrogen-bond acceptors (Lipinski definition) is 5. The zero-order chi connectivity index (χ0) is 15.2. The van der Waals surface area contributed by atoms with Crippen LogP contribution in [0.2, 0.25) is 0 Å². The standard InChI is InChI=1S/C15H22N2O4/c1-20-13-9-11(15(18)19)12(16)10-14(13)21-8-4-7-17-5-2-3-6-17/h9-10H,2-8,16H2,1H3,(H,18,19). The minimum Gasteiger partial charge on any atom is -0.493 e. The van der Waals surface area contributed by atoms with E-state index < -0.39 is 5.97 Å². The molecule has 1 aromatic carbocycles. The molecule has 116 valence electrons. The van der Waals surface area contributed by atoms with Crippen molar-refractivity contribution < 1.29 is 19.4 Å². The molecule has 0 aliphatic carbocycles. The second kappa shape index (κ2) is 7.17. The van der Waals surface area contributed by atoms with Gasteiger partial charge in [0.15, 0.2) is 11.5 Å². The summed E-state index contributed by atoms with van der Waals surface area (Å²) >= 11 is 0. The monoisotopic (exact) mass is 294 g/mol. The van der Waals surface area contributed by atoms with Gasteiger partial charge in [0.1, 0.15) is 0 Å². The molecule has 1 aliphatic rings. The highest BCUT2D eigenvalue weighted by atomic mass is 16.5. The van der Waals surface area contributed by atoms with Gasteiger partial charge < -0.3 is 25.2 Å². The molecule has 0 radical (unpaired) electrons. The van der Waals surface area contributed by atoms with Gasteiger partial charge in [-0.15, -0.1) is 0 Å².